The van der Waals surface area contributed by atoms with E-state index in [-0.39, 0.29) is 0 Å². The van der Waals surface area contributed by atoms with E-state index in [9.17, 15) is 0 Å². The van der Waals surface area contributed by atoms with Crippen molar-refractivity contribution in [3.8, 4) is 0 Å². The lowest BCUT2D eigenvalue weighted by Crippen LogP contribution is -2.02. The lowest BCUT2D eigenvalue weighted by molar-refractivity contribution is 1.03. The Kier molecular flexibility index (Phi) is 4.06. The number of hydrogen-bond donors (Lipinski definition) is 1. The second kappa shape index (κ2) is 6.51. The summed E-state index contributed by atoms with van der Waals surface area (Å²) in [6.07, 6.45) is 3.91. The van der Waals surface area contributed by atoms with E-state index in [4.69, 9.17) is 11.6 Å². The molecule has 0 bridgehead atoms. The largest absolute Gasteiger partial charge is 0.308 e. The predicted molar refractivity (Wildman–Crippen MR) is 97.0 cm³/mol. The van der Waals surface area contributed by atoms with Crippen molar-refractivity contribution in [3.63, 3.8) is 0 Å². The van der Waals surface area contributed by atoms with E-state index in [0.717, 1.165) is 26.5 Å². The van der Waals surface area contributed by atoms with Crippen LogP contribution in [0.5, 0.6) is 0 Å². The molecule has 118 valence electrons. The lowest BCUT2D eigenvalue weighted by atomic mass is 10.1. The summed E-state index contributed by atoms with van der Waals surface area (Å²) in [5, 5.41) is 6.86. The molecule has 0 atom stereocenters. The monoisotopic (exact) mass is 353 g/mol. The van der Waals surface area contributed by atoms with Gasteiger partial charge in [0.25, 0.3) is 0 Å². The van der Waals surface area contributed by atoms with E-state index >= 15 is 0 Å². The maximum atomic E-state index is 6.22. The number of fused-ring (bicyclic) bond motifs is 1. The molecule has 0 fully saturated rings. The van der Waals surface area contributed by atoms with Gasteiger partial charge in [-0.25, -0.2) is 19.9 Å². The Morgan fingerprint density at radius 2 is 1.96 bits per heavy atom. The summed E-state index contributed by atoms with van der Waals surface area (Å²) >= 11 is 7.79. The molecule has 0 saturated carbocycles. The molecule has 3 heterocycles. The first-order valence-electron chi connectivity index (χ1n) is 7.30. The zero-order chi connectivity index (χ0) is 16.4. The number of hydrogen-bond acceptors (Lipinski definition) is 6. The van der Waals surface area contributed by atoms with Gasteiger partial charge in [0.1, 0.15) is 17.0 Å². The first kappa shape index (κ1) is 15.0. The summed E-state index contributed by atoms with van der Waals surface area (Å²) in [4.78, 5) is 18.3. The van der Waals surface area contributed by atoms with Gasteiger partial charge in [0.05, 0.1) is 11.1 Å². The summed E-state index contributed by atoms with van der Waals surface area (Å²) in [6, 6.07) is 11.6. The van der Waals surface area contributed by atoms with Crippen molar-refractivity contribution in [2.24, 2.45) is 0 Å². The van der Waals surface area contributed by atoms with Crippen LogP contribution in [0.1, 0.15) is 11.3 Å². The minimum absolute atomic E-state index is 0.505. The molecule has 0 aliphatic carbocycles. The minimum atomic E-state index is 0.505. The van der Waals surface area contributed by atoms with Gasteiger partial charge in [-0.15, -0.1) is 11.3 Å². The summed E-state index contributed by atoms with van der Waals surface area (Å²) < 4.78 is 0. The smallest absolute Gasteiger partial charge is 0.228 e. The van der Waals surface area contributed by atoms with Crippen LogP contribution < -0.4 is 5.32 Å². The molecule has 0 aliphatic heterocycles. The third-order valence-corrected chi connectivity index (χ3v) is 4.72. The summed E-state index contributed by atoms with van der Waals surface area (Å²) in [6.45, 7) is 0. The average molecular weight is 354 g/mol. The van der Waals surface area contributed by atoms with E-state index in [1.54, 1.807) is 17.5 Å². The maximum Gasteiger partial charge on any atom is 0.228 e. The van der Waals surface area contributed by atoms with Crippen LogP contribution in [0.4, 0.5) is 11.8 Å². The molecule has 4 rings (SSSR count). The Hall–Kier alpha value is -2.57. The standard InChI is InChI=1S/C17H12ClN5S/c18-14-4-2-1-3-11(14)9-12-5-7-19-17(22-12)23-15-13-6-8-24-16(13)21-10-20-15/h1-8,10H,9H2,(H,19,20,21,22,23). The number of rotatable bonds is 4. The van der Waals surface area contributed by atoms with Crippen LogP contribution in [0.3, 0.4) is 0 Å². The highest BCUT2D eigenvalue weighted by Gasteiger charge is 2.08. The fourth-order valence-electron chi connectivity index (χ4n) is 2.39. The second-order valence-electron chi connectivity index (χ2n) is 5.13. The first-order valence-corrected chi connectivity index (χ1v) is 8.56. The topological polar surface area (TPSA) is 63.6 Å². The number of benzene rings is 1. The van der Waals surface area contributed by atoms with Crippen LogP contribution in [-0.4, -0.2) is 19.9 Å². The summed E-state index contributed by atoms with van der Waals surface area (Å²) in [5.74, 6) is 1.21. The van der Waals surface area contributed by atoms with E-state index < -0.39 is 0 Å². The molecule has 1 N–H and O–H groups in total. The predicted octanol–water partition coefficient (Wildman–Crippen LogP) is 4.47. The zero-order valence-electron chi connectivity index (χ0n) is 12.5. The van der Waals surface area contributed by atoms with Gasteiger partial charge in [0.15, 0.2) is 0 Å². The summed E-state index contributed by atoms with van der Waals surface area (Å²) in [5.41, 5.74) is 1.92. The molecule has 5 nitrogen and oxygen atoms in total. The van der Waals surface area contributed by atoms with Gasteiger partial charge in [-0.1, -0.05) is 29.8 Å². The van der Waals surface area contributed by atoms with Gasteiger partial charge in [-0.3, -0.25) is 0 Å². The molecule has 0 spiro atoms. The molecule has 0 saturated heterocycles. The van der Waals surface area contributed by atoms with E-state index in [1.807, 2.05) is 41.8 Å². The van der Waals surface area contributed by atoms with Crippen molar-refractivity contribution < 1.29 is 0 Å². The molecule has 0 unspecified atom stereocenters. The van der Waals surface area contributed by atoms with Crippen molar-refractivity contribution in [3.05, 3.63) is 70.6 Å². The lowest BCUT2D eigenvalue weighted by Gasteiger charge is -2.07. The van der Waals surface area contributed by atoms with Gasteiger partial charge >= 0.3 is 0 Å². The molecule has 24 heavy (non-hydrogen) atoms. The number of nitrogens with one attached hydrogen (secondary N) is 1. The fraction of sp³-hybridized carbons (Fsp3) is 0.0588. The number of aromatic nitrogens is 4. The summed E-state index contributed by atoms with van der Waals surface area (Å²) in [7, 11) is 0. The molecule has 4 aromatic rings. The van der Waals surface area contributed by atoms with E-state index in [1.165, 1.54) is 6.33 Å². The van der Waals surface area contributed by atoms with Crippen molar-refractivity contribution in [1.82, 2.24) is 19.9 Å². The van der Waals surface area contributed by atoms with E-state index in [0.29, 0.717) is 18.2 Å². The highest BCUT2D eigenvalue weighted by molar-refractivity contribution is 7.16. The molecular formula is C17H12ClN5S. The molecule has 0 radical (unpaired) electrons. The molecule has 3 aromatic heterocycles. The number of halogens is 1. The minimum Gasteiger partial charge on any atom is -0.308 e. The van der Waals surface area contributed by atoms with Gasteiger partial charge < -0.3 is 5.32 Å². The Labute approximate surface area is 147 Å². The van der Waals surface area contributed by atoms with Crippen LogP contribution in [0.15, 0.2) is 54.3 Å². The first-order chi connectivity index (χ1) is 11.8. The molecule has 7 heteroatoms. The third-order valence-electron chi connectivity index (χ3n) is 3.53. The van der Waals surface area contributed by atoms with Gasteiger partial charge in [0.2, 0.25) is 5.95 Å². The SMILES string of the molecule is Clc1ccccc1Cc1ccnc(Nc2ncnc3sccc23)n1. The Balaban J connectivity index is 1.61. The Morgan fingerprint density at radius 3 is 2.88 bits per heavy atom. The fourth-order valence-corrected chi connectivity index (χ4v) is 3.32. The zero-order valence-corrected chi connectivity index (χ0v) is 14.1. The van der Waals surface area contributed by atoms with Crippen molar-refractivity contribution in [2.75, 3.05) is 5.32 Å². The van der Waals surface area contributed by atoms with Crippen LogP contribution in [0.25, 0.3) is 10.2 Å². The molecule has 0 aliphatic rings. The van der Waals surface area contributed by atoms with Gasteiger partial charge in [-0.05, 0) is 29.1 Å². The van der Waals surface area contributed by atoms with Crippen molar-refractivity contribution in [1.29, 1.82) is 0 Å². The third kappa shape index (κ3) is 3.06. The quantitative estimate of drug-likeness (QED) is 0.586. The number of anilines is 2. The number of thiophene rings is 1. The van der Waals surface area contributed by atoms with Gasteiger partial charge in [0, 0.05) is 17.6 Å². The van der Waals surface area contributed by atoms with Crippen LogP contribution in [0, 0.1) is 0 Å². The van der Waals surface area contributed by atoms with Crippen molar-refractivity contribution >= 4 is 44.9 Å². The molecular weight excluding hydrogens is 342 g/mol. The van der Waals surface area contributed by atoms with E-state index in [2.05, 4.69) is 25.3 Å². The average Bonchev–Trinajstić information content (AvgIpc) is 3.07. The maximum absolute atomic E-state index is 6.22. The highest BCUT2D eigenvalue weighted by Crippen LogP contribution is 2.25. The Bertz CT molecular complexity index is 1000. The van der Waals surface area contributed by atoms with Crippen molar-refractivity contribution in [2.45, 2.75) is 6.42 Å². The van der Waals surface area contributed by atoms with Crippen LogP contribution >= 0.6 is 22.9 Å². The molecule has 0 amide bonds. The second-order valence-corrected chi connectivity index (χ2v) is 6.43. The Morgan fingerprint density at radius 1 is 1.04 bits per heavy atom. The van der Waals surface area contributed by atoms with Crippen LogP contribution in [0.2, 0.25) is 5.02 Å². The highest BCUT2D eigenvalue weighted by atomic mass is 35.5. The van der Waals surface area contributed by atoms with Gasteiger partial charge in [-0.2, -0.15) is 0 Å². The molecule has 1 aromatic carbocycles. The van der Waals surface area contributed by atoms with Crippen LogP contribution in [-0.2, 0) is 6.42 Å². The normalized spacial score (nSPS) is 10.9. The number of nitrogens with zero attached hydrogens (tertiary/aromatic N) is 4.